The van der Waals surface area contributed by atoms with Crippen molar-refractivity contribution in [2.75, 3.05) is 21.3 Å². The third-order valence-electron chi connectivity index (χ3n) is 4.77. The first kappa shape index (κ1) is 16.2. The molecule has 1 aliphatic heterocycles. The van der Waals surface area contributed by atoms with E-state index in [-0.39, 0.29) is 11.9 Å². The number of hydrogen-bond acceptors (Lipinski definition) is 4. The summed E-state index contributed by atoms with van der Waals surface area (Å²) in [7, 11) is 5.00. The standard InChI is InChI=1S/C20H19N3O3/c1-23-19(13-9-10-14(25-2)15(11-13)26-3)16-17(12-7-5-4-6-8-12)21-22-18(16)20(23)24/h4-11,19H,1-3H3,(H,21,22)/t19-/m1/s1. The molecular formula is C20H19N3O3. The van der Waals surface area contributed by atoms with E-state index in [2.05, 4.69) is 10.2 Å². The van der Waals surface area contributed by atoms with Crippen molar-refractivity contribution in [3.05, 3.63) is 65.4 Å². The van der Waals surface area contributed by atoms with Gasteiger partial charge in [0.2, 0.25) is 0 Å². The predicted molar refractivity (Wildman–Crippen MR) is 97.5 cm³/mol. The van der Waals surface area contributed by atoms with Gasteiger partial charge in [-0.15, -0.1) is 0 Å². The lowest BCUT2D eigenvalue weighted by atomic mass is 9.96. The highest BCUT2D eigenvalue weighted by Gasteiger charge is 2.40. The lowest BCUT2D eigenvalue weighted by Crippen LogP contribution is -2.24. The molecule has 0 saturated heterocycles. The number of benzene rings is 2. The van der Waals surface area contributed by atoms with Gasteiger partial charge in [0, 0.05) is 18.2 Å². The summed E-state index contributed by atoms with van der Waals surface area (Å²) in [4.78, 5) is 14.4. The lowest BCUT2D eigenvalue weighted by molar-refractivity contribution is 0.0787. The summed E-state index contributed by atoms with van der Waals surface area (Å²) in [5, 5.41) is 7.34. The molecule has 3 aromatic rings. The Balaban J connectivity index is 1.88. The average Bonchev–Trinajstić information content (AvgIpc) is 3.21. The molecule has 1 atom stereocenters. The summed E-state index contributed by atoms with van der Waals surface area (Å²) >= 11 is 0. The van der Waals surface area contributed by atoms with Crippen LogP contribution in [0.1, 0.15) is 27.7 Å². The van der Waals surface area contributed by atoms with E-state index in [0.29, 0.717) is 17.2 Å². The largest absolute Gasteiger partial charge is 0.493 e. The molecule has 0 saturated carbocycles. The van der Waals surface area contributed by atoms with Crippen molar-refractivity contribution in [2.24, 2.45) is 0 Å². The minimum absolute atomic E-state index is 0.0746. The van der Waals surface area contributed by atoms with E-state index in [1.807, 2.05) is 48.5 Å². The molecule has 26 heavy (non-hydrogen) atoms. The zero-order valence-electron chi connectivity index (χ0n) is 14.8. The Morgan fingerprint density at radius 3 is 2.46 bits per heavy atom. The molecule has 2 heterocycles. The van der Waals surface area contributed by atoms with Gasteiger partial charge in [0.15, 0.2) is 11.5 Å². The number of rotatable bonds is 4. The van der Waals surface area contributed by atoms with E-state index in [4.69, 9.17) is 9.47 Å². The average molecular weight is 349 g/mol. The second-order valence-electron chi connectivity index (χ2n) is 6.16. The fourth-order valence-electron chi connectivity index (χ4n) is 3.50. The van der Waals surface area contributed by atoms with Crippen molar-refractivity contribution in [3.8, 4) is 22.8 Å². The molecule has 6 nitrogen and oxygen atoms in total. The molecule has 0 fully saturated rings. The van der Waals surface area contributed by atoms with Crippen LogP contribution in [0.25, 0.3) is 11.3 Å². The number of fused-ring (bicyclic) bond motifs is 1. The quantitative estimate of drug-likeness (QED) is 0.785. The molecule has 1 aromatic heterocycles. The van der Waals surface area contributed by atoms with Crippen LogP contribution in [0.2, 0.25) is 0 Å². The Labute approximate surface area is 151 Å². The van der Waals surface area contributed by atoms with Gasteiger partial charge in [0.25, 0.3) is 5.91 Å². The van der Waals surface area contributed by atoms with Gasteiger partial charge in [-0.1, -0.05) is 36.4 Å². The van der Waals surface area contributed by atoms with Crippen molar-refractivity contribution in [1.82, 2.24) is 15.1 Å². The number of amides is 1. The van der Waals surface area contributed by atoms with Crippen molar-refractivity contribution >= 4 is 5.91 Å². The number of aromatic nitrogens is 2. The normalized spacial score (nSPS) is 15.9. The van der Waals surface area contributed by atoms with Gasteiger partial charge in [-0.2, -0.15) is 5.10 Å². The number of carbonyl (C=O) groups excluding carboxylic acids is 1. The Morgan fingerprint density at radius 2 is 1.77 bits per heavy atom. The molecule has 132 valence electrons. The van der Waals surface area contributed by atoms with Gasteiger partial charge >= 0.3 is 0 Å². The molecule has 1 amide bonds. The van der Waals surface area contributed by atoms with Crippen molar-refractivity contribution in [2.45, 2.75) is 6.04 Å². The van der Waals surface area contributed by atoms with E-state index < -0.39 is 0 Å². The summed E-state index contributed by atoms with van der Waals surface area (Å²) in [6, 6.07) is 15.3. The third-order valence-corrected chi connectivity index (χ3v) is 4.77. The maximum atomic E-state index is 12.7. The van der Waals surface area contributed by atoms with Gasteiger partial charge in [0.1, 0.15) is 5.69 Å². The third kappa shape index (κ3) is 2.34. The number of carbonyl (C=O) groups is 1. The molecule has 0 radical (unpaired) electrons. The molecule has 6 heteroatoms. The Bertz CT molecular complexity index is 966. The predicted octanol–water partition coefficient (Wildman–Crippen LogP) is 3.27. The number of nitrogens with one attached hydrogen (secondary N) is 1. The summed E-state index contributed by atoms with van der Waals surface area (Å²) < 4.78 is 10.8. The van der Waals surface area contributed by atoms with Crippen LogP contribution in [-0.2, 0) is 0 Å². The molecule has 0 aliphatic carbocycles. The monoisotopic (exact) mass is 349 g/mol. The second kappa shape index (κ2) is 6.22. The topological polar surface area (TPSA) is 67.5 Å². The van der Waals surface area contributed by atoms with Crippen LogP contribution in [-0.4, -0.2) is 42.3 Å². The van der Waals surface area contributed by atoms with Gasteiger partial charge in [-0.3, -0.25) is 9.89 Å². The van der Waals surface area contributed by atoms with E-state index in [1.165, 1.54) is 0 Å². The molecule has 4 rings (SSSR count). The molecular weight excluding hydrogens is 330 g/mol. The highest BCUT2D eigenvalue weighted by atomic mass is 16.5. The highest BCUT2D eigenvalue weighted by Crippen LogP contribution is 2.43. The molecule has 0 bridgehead atoms. The van der Waals surface area contributed by atoms with Crippen molar-refractivity contribution in [1.29, 1.82) is 0 Å². The van der Waals surface area contributed by atoms with Gasteiger partial charge in [-0.05, 0) is 17.7 Å². The first-order chi connectivity index (χ1) is 12.7. The van der Waals surface area contributed by atoms with Gasteiger partial charge in [-0.25, -0.2) is 0 Å². The number of aromatic amines is 1. The van der Waals surface area contributed by atoms with Crippen LogP contribution in [0.15, 0.2) is 48.5 Å². The second-order valence-corrected chi connectivity index (χ2v) is 6.16. The fourth-order valence-corrected chi connectivity index (χ4v) is 3.50. The number of methoxy groups -OCH3 is 2. The molecule has 2 aromatic carbocycles. The summed E-state index contributed by atoms with van der Waals surface area (Å²) in [5.41, 5.74) is 4.12. The van der Waals surface area contributed by atoms with E-state index >= 15 is 0 Å². The lowest BCUT2D eigenvalue weighted by Gasteiger charge is -2.23. The van der Waals surface area contributed by atoms with Crippen LogP contribution in [0.5, 0.6) is 11.5 Å². The fraction of sp³-hybridized carbons (Fsp3) is 0.200. The highest BCUT2D eigenvalue weighted by molar-refractivity contribution is 6.00. The number of H-pyrrole nitrogens is 1. The van der Waals surface area contributed by atoms with Gasteiger partial charge in [0.05, 0.1) is 26.0 Å². The Hall–Kier alpha value is -3.28. The Morgan fingerprint density at radius 1 is 1.04 bits per heavy atom. The zero-order valence-corrected chi connectivity index (χ0v) is 14.8. The minimum Gasteiger partial charge on any atom is -0.493 e. The SMILES string of the molecule is COc1ccc([C@@H]2c3c(-c4ccccc4)n[nH]c3C(=O)N2C)cc1OC. The number of hydrogen-bond donors (Lipinski definition) is 1. The van der Waals surface area contributed by atoms with Crippen LogP contribution in [0.3, 0.4) is 0 Å². The van der Waals surface area contributed by atoms with E-state index in [0.717, 1.165) is 22.4 Å². The van der Waals surface area contributed by atoms with Crippen LogP contribution >= 0.6 is 0 Å². The van der Waals surface area contributed by atoms with Crippen LogP contribution in [0, 0.1) is 0 Å². The smallest absolute Gasteiger partial charge is 0.272 e. The van der Waals surface area contributed by atoms with E-state index in [9.17, 15) is 4.79 Å². The van der Waals surface area contributed by atoms with Crippen LogP contribution in [0.4, 0.5) is 0 Å². The van der Waals surface area contributed by atoms with Crippen molar-refractivity contribution < 1.29 is 14.3 Å². The van der Waals surface area contributed by atoms with Crippen LogP contribution < -0.4 is 9.47 Å². The molecule has 1 N–H and O–H groups in total. The zero-order chi connectivity index (χ0) is 18.3. The Kier molecular flexibility index (Phi) is 3.88. The molecule has 1 aliphatic rings. The van der Waals surface area contributed by atoms with E-state index in [1.54, 1.807) is 26.2 Å². The first-order valence-electron chi connectivity index (χ1n) is 8.28. The maximum Gasteiger partial charge on any atom is 0.272 e. The number of nitrogens with zero attached hydrogens (tertiary/aromatic N) is 2. The summed E-state index contributed by atoms with van der Waals surface area (Å²) in [6.45, 7) is 0. The minimum atomic E-state index is -0.244. The summed E-state index contributed by atoms with van der Waals surface area (Å²) in [5.74, 6) is 1.21. The first-order valence-corrected chi connectivity index (χ1v) is 8.28. The number of ether oxygens (including phenoxy) is 2. The maximum absolute atomic E-state index is 12.7. The molecule has 0 spiro atoms. The van der Waals surface area contributed by atoms with Crippen molar-refractivity contribution in [3.63, 3.8) is 0 Å². The molecule has 0 unspecified atom stereocenters. The summed E-state index contributed by atoms with van der Waals surface area (Å²) in [6.07, 6.45) is 0. The van der Waals surface area contributed by atoms with Gasteiger partial charge < -0.3 is 14.4 Å².